The van der Waals surface area contributed by atoms with Crippen LogP contribution in [-0.4, -0.2) is 49.4 Å². The van der Waals surface area contributed by atoms with Gasteiger partial charge in [-0.15, -0.1) is 10.2 Å². The Morgan fingerprint density at radius 1 is 1.50 bits per heavy atom. The van der Waals surface area contributed by atoms with E-state index in [2.05, 4.69) is 27.2 Å². The Kier molecular flexibility index (Phi) is 3.50. The highest BCUT2D eigenvalue weighted by Gasteiger charge is 2.26. The molecular formula is C10H19N5O. The molecule has 0 bridgehead atoms. The summed E-state index contributed by atoms with van der Waals surface area (Å²) in [6.07, 6.45) is 1.72. The number of aliphatic hydroxyl groups is 1. The Balaban J connectivity index is 1.91. The summed E-state index contributed by atoms with van der Waals surface area (Å²) in [7, 11) is 1.77. The van der Waals surface area contributed by atoms with E-state index < -0.39 is 0 Å². The number of likely N-dealkylation sites (tertiary alicyclic amines) is 1. The number of tetrazole rings is 1. The van der Waals surface area contributed by atoms with Crippen molar-refractivity contribution in [2.45, 2.75) is 32.4 Å². The van der Waals surface area contributed by atoms with E-state index in [0.29, 0.717) is 5.92 Å². The maximum absolute atomic E-state index is 9.78. The second-order valence-electron chi connectivity index (χ2n) is 4.45. The number of nitrogens with zero attached hydrogens (tertiary/aromatic N) is 5. The van der Waals surface area contributed by atoms with E-state index >= 15 is 0 Å². The lowest BCUT2D eigenvalue weighted by Gasteiger charge is -2.35. The molecule has 16 heavy (non-hydrogen) atoms. The predicted octanol–water partition coefficient (Wildman–Crippen LogP) is -0.197. The number of aromatic nitrogens is 4. The van der Waals surface area contributed by atoms with Crippen LogP contribution in [0.5, 0.6) is 0 Å². The number of aliphatic hydroxyl groups excluding tert-OH is 1. The molecule has 0 saturated carbocycles. The Bertz CT molecular complexity index is 340. The van der Waals surface area contributed by atoms with Crippen LogP contribution in [0.3, 0.4) is 0 Å². The molecule has 1 aromatic heterocycles. The summed E-state index contributed by atoms with van der Waals surface area (Å²) >= 11 is 0. The summed E-state index contributed by atoms with van der Waals surface area (Å²) in [4.78, 5) is 3.77. The Hall–Kier alpha value is -1.01. The van der Waals surface area contributed by atoms with Gasteiger partial charge in [-0.2, -0.15) is 4.80 Å². The first-order valence-electron chi connectivity index (χ1n) is 5.82. The van der Waals surface area contributed by atoms with Crippen molar-refractivity contribution < 1.29 is 5.11 Å². The van der Waals surface area contributed by atoms with Gasteiger partial charge in [0.25, 0.3) is 0 Å². The first kappa shape index (κ1) is 11.5. The van der Waals surface area contributed by atoms with Crippen LogP contribution in [0, 0.1) is 5.92 Å². The van der Waals surface area contributed by atoms with Crippen molar-refractivity contribution in [2.75, 3.05) is 13.1 Å². The van der Waals surface area contributed by atoms with Crippen LogP contribution in [0.4, 0.5) is 0 Å². The highest BCUT2D eigenvalue weighted by atomic mass is 16.3. The Morgan fingerprint density at radius 2 is 2.31 bits per heavy atom. The van der Waals surface area contributed by atoms with Crippen molar-refractivity contribution in [3.05, 3.63) is 5.82 Å². The summed E-state index contributed by atoms with van der Waals surface area (Å²) < 4.78 is 0. The van der Waals surface area contributed by atoms with Crippen LogP contribution in [-0.2, 0) is 13.6 Å². The largest absolute Gasteiger partial charge is 0.393 e. The molecule has 90 valence electrons. The molecule has 2 atom stereocenters. The monoisotopic (exact) mass is 225 g/mol. The quantitative estimate of drug-likeness (QED) is 0.772. The van der Waals surface area contributed by atoms with Gasteiger partial charge in [0, 0.05) is 13.1 Å². The van der Waals surface area contributed by atoms with Crippen LogP contribution in [0.2, 0.25) is 0 Å². The number of hydrogen-bond donors (Lipinski definition) is 1. The van der Waals surface area contributed by atoms with Gasteiger partial charge in [0.2, 0.25) is 0 Å². The fourth-order valence-electron chi connectivity index (χ4n) is 2.23. The van der Waals surface area contributed by atoms with Gasteiger partial charge in [0.05, 0.1) is 19.7 Å². The first-order chi connectivity index (χ1) is 7.69. The summed E-state index contributed by atoms with van der Waals surface area (Å²) in [6, 6.07) is 0. The van der Waals surface area contributed by atoms with Crippen LogP contribution in [0.1, 0.15) is 25.6 Å². The molecule has 1 N–H and O–H groups in total. The minimum atomic E-state index is -0.143. The van der Waals surface area contributed by atoms with Crippen molar-refractivity contribution in [3.63, 3.8) is 0 Å². The predicted molar refractivity (Wildman–Crippen MR) is 58.5 cm³/mol. The van der Waals surface area contributed by atoms with Crippen LogP contribution in [0.15, 0.2) is 0 Å². The van der Waals surface area contributed by atoms with Crippen molar-refractivity contribution in [2.24, 2.45) is 13.0 Å². The van der Waals surface area contributed by atoms with Crippen molar-refractivity contribution in [1.29, 1.82) is 0 Å². The van der Waals surface area contributed by atoms with Crippen LogP contribution in [0.25, 0.3) is 0 Å². The number of rotatable bonds is 3. The SMILES string of the molecule is CCC1CN(Cc2nnn(C)n2)CCC1O. The lowest BCUT2D eigenvalue weighted by molar-refractivity contribution is 0.0212. The third kappa shape index (κ3) is 2.56. The molecule has 1 aromatic rings. The molecular weight excluding hydrogens is 206 g/mol. The van der Waals surface area contributed by atoms with E-state index in [1.165, 1.54) is 4.80 Å². The molecule has 6 heteroatoms. The molecule has 0 amide bonds. The zero-order chi connectivity index (χ0) is 11.5. The van der Waals surface area contributed by atoms with Gasteiger partial charge in [0.15, 0.2) is 5.82 Å². The van der Waals surface area contributed by atoms with Gasteiger partial charge in [-0.25, -0.2) is 0 Å². The number of aryl methyl sites for hydroxylation is 1. The highest BCUT2D eigenvalue weighted by molar-refractivity contribution is 4.83. The second kappa shape index (κ2) is 4.88. The lowest BCUT2D eigenvalue weighted by atomic mass is 9.92. The molecule has 1 saturated heterocycles. The molecule has 2 heterocycles. The van der Waals surface area contributed by atoms with Gasteiger partial charge in [-0.05, 0) is 24.0 Å². The zero-order valence-corrected chi connectivity index (χ0v) is 9.87. The number of hydrogen-bond acceptors (Lipinski definition) is 5. The topological polar surface area (TPSA) is 67.1 Å². The molecule has 6 nitrogen and oxygen atoms in total. The molecule has 2 rings (SSSR count). The molecule has 1 fully saturated rings. The minimum absolute atomic E-state index is 0.143. The zero-order valence-electron chi connectivity index (χ0n) is 9.87. The molecule has 0 spiro atoms. The fourth-order valence-corrected chi connectivity index (χ4v) is 2.23. The van der Waals surface area contributed by atoms with E-state index in [4.69, 9.17) is 0 Å². The smallest absolute Gasteiger partial charge is 0.188 e. The van der Waals surface area contributed by atoms with Gasteiger partial charge >= 0.3 is 0 Å². The normalized spacial score (nSPS) is 27.2. The van der Waals surface area contributed by atoms with E-state index in [1.54, 1.807) is 7.05 Å². The molecule has 0 radical (unpaired) electrons. The first-order valence-corrected chi connectivity index (χ1v) is 5.82. The molecule has 1 aliphatic heterocycles. The van der Waals surface area contributed by atoms with Crippen molar-refractivity contribution >= 4 is 0 Å². The third-order valence-corrected chi connectivity index (χ3v) is 3.22. The van der Waals surface area contributed by atoms with Gasteiger partial charge in [-0.1, -0.05) is 6.92 Å². The van der Waals surface area contributed by atoms with Gasteiger partial charge in [-0.3, -0.25) is 4.90 Å². The minimum Gasteiger partial charge on any atom is -0.393 e. The van der Waals surface area contributed by atoms with E-state index in [1.807, 2.05) is 0 Å². The molecule has 0 aromatic carbocycles. The van der Waals surface area contributed by atoms with Crippen molar-refractivity contribution in [3.8, 4) is 0 Å². The van der Waals surface area contributed by atoms with E-state index in [-0.39, 0.29) is 6.10 Å². The Morgan fingerprint density at radius 3 is 2.94 bits per heavy atom. The molecule has 2 unspecified atom stereocenters. The van der Waals surface area contributed by atoms with Gasteiger partial charge < -0.3 is 5.11 Å². The van der Waals surface area contributed by atoms with E-state index in [9.17, 15) is 5.11 Å². The summed E-state index contributed by atoms with van der Waals surface area (Å²) in [5.41, 5.74) is 0. The fraction of sp³-hybridized carbons (Fsp3) is 0.900. The maximum atomic E-state index is 9.78. The standard InChI is InChI=1S/C10H19N5O/c1-3-8-6-15(5-4-9(8)16)7-10-11-13-14(2)12-10/h8-9,16H,3-7H2,1-2H3. The number of piperidine rings is 1. The third-order valence-electron chi connectivity index (χ3n) is 3.22. The van der Waals surface area contributed by atoms with Gasteiger partial charge in [0.1, 0.15) is 0 Å². The average Bonchev–Trinajstić information content (AvgIpc) is 2.67. The van der Waals surface area contributed by atoms with E-state index in [0.717, 1.165) is 38.3 Å². The van der Waals surface area contributed by atoms with Crippen LogP contribution < -0.4 is 0 Å². The molecule has 1 aliphatic rings. The van der Waals surface area contributed by atoms with Crippen LogP contribution >= 0.6 is 0 Å². The molecule has 0 aliphatic carbocycles. The average molecular weight is 225 g/mol. The van der Waals surface area contributed by atoms with Crippen molar-refractivity contribution in [1.82, 2.24) is 25.1 Å². The lowest BCUT2D eigenvalue weighted by Crippen LogP contribution is -2.42. The Labute approximate surface area is 95.2 Å². The second-order valence-corrected chi connectivity index (χ2v) is 4.45. The summed E-state index contributed by atoms with van der Waals surface area (Å²) in [5, 5.41) is 21.7. The highest BCUT2D eigenvalue weighted by Crippen LogP contribution is 2.20. The summed E-state index contributed by atoms with van der Waals surface area (Å²) in [5.74, 6) is 1.14. The summed E-state index contributed by atoms with van der Waals surface area (Å²) in [6.45, 7) is 4.70. The maximum Gasteiger partial charge on any atom is 0.188 e.